The number of carbonyl (C=O) groups excluding carboxylic acids is 1. The lowest BCUT2D eigenvalue weighted by Gasteiger charge is -2.22. The lowest BCUT2D eigenvalue weighted by atomic mass is 9.84. The summed E-state index contributed by atoms with van der Waals surface area (Å²) in [7, 11) is 0. The summed E-state index contributed by atoms with van der Waals surface area (Å²) in [5.41, 5.74) is 2.71. The minimum atomic E-state index is -0.147. The van der Waals surface area contributed by atoms with Gasteiger partial charge in [-0.15, -0.1) is 0 Å². The van der Waals surface area contributed by atoms with E-state index in [0.717, 1.165) is 12.3 Å². The van der Waals surface area contributed by atoms with Crippen LogP contribution in [-0.2, 0) is 4.79 Å². The number of unbranched alkanes of at least 4 members (excludes halogenated alkanes) is 1. The predicted octanol–water partition coefficient (Wildman–Crippen LogP) is 5.77. The van der Waals surface area contributed by atoms with Gasteiger partial charge in [0.15, 0.2) is 0 Å². The highest BCUT2D eigenvalue weighted by molar-refractivity contribution is 5.73. The molecular weight excluding hydrogens is 272 g/mol. The van der Waals surface area contributed by atoms with Crippen molar-refractivity contribution in [3.05, 3.63) is 35.9 Å². The summed E-state index contributed by atoms with van der Waals surface area (Å²) in [5, 5.41) is 0. The fourth-order valence-electron chi connectivity index (χ4n) is 3.03. The molecular formula is C20H28O2. The van der Waals surface area contributed by atoms with Crippen LogP contribution >= 0.6 is 0 Å². The van der Waals surface area contributed by atoms with Gasteiger partial charge < -0.3 is 4.74 Å². The van der Waals surface area contributed by atoms with E-state index in [9.17, 15) is 4.79 Å². The van der Waals surface area contributed by atoms with Gasteiger partial charge in [0.05, 0.1) is 0 Å². The Bertz CT molecular complexity index is 499. The lowest BCUT2D eigenvalue weighted by Crippen LogP contribution is -2.07. The average molecular weight is 300 g/mol. The van der Waals surface area contributed by atoms with Crippen molar-refractivity contribution in [1.82, 2.24) is 0 Å². The van der Waals surface area contributed by atoms with Crippen molar-refractivity contribution >= 4 is 11.5 Å². The molecule has 2 nitrogen and oxygen atoms in total. The van der Waals surface area contributed by atoms with E-state index in [-0.39, 0.29) is 5.97 Å². The Balaban J connectivity index is 1.91. The SMILES string of the molecule is CCCCC1CC=C(c2ccc(OC(=O)CCC)cc2)CC1. The highest BCUT2D eigenvalue weighted by atomic mass is 16.5. The van der Waals surface area contributed by atoms with Crippen LogP contribution in [0.4, 0.5) is 0 Å². The van der Waals surface area contributed by atoms with Crippen LogP contribution < -0.4 is 4.74 Å². The van der Waals surface area contributed by atoms with Gasteiger partial charge in [-0.2, -0.15) is 0 Å². The molecule has 0 aliphatic heterocycles. The molecule has 0 saturated heterocycles. The number of rotatable bonds is 7. The van der Waals surface area contributed by atoms with Gasteiger partial charge in [-0.25, -0.2) is 0 Å². The third-order valence-corrected chi connectivity index (χ3v) is 4.40. The van der Waals surface area contributed by atoms with Gasteiger partial charge in [-0.3, -0.25) is 4.79 Å². The summed E-state index contributed by atoms with van der Waals surface area (Å²) in [5.74, 6) is 1.38. The molecule has 22 heavy (non-hydrogen) atoms. The number of esters is 1. The standard InChI is InChI=1S/C20H28O2/c1-3-5-7-16-8-10-17(11-9-16)18-12-14-19(15-13-18)22-20(21)6-4-2/h10,12-16H,3-9,11H2,1-2H3. The van der Waals surface area contributed by atoms with Crippen molar-refractivity contribution in [3.63, 3.8) is 0 Å². The van der Waals surface area contributed by atoms with Crippen molar-refractivity contribution in [2.75, 3.05) is 0 Å². The second kappa shape index (κ2) is 8.77. The molecule has 2 rings (SSSR count). The van der Waals surface area contributed by atoms with Crippen molar-refractivity contribution in [2.24, 2.45) is 5.92 Å². The van der Waals surface area contributed by atoms with Crippen molar-refractivity contribution in [2.45, 2.75) is 65.2 Å². The van der Waals surface area contributed by atoms with E-state index in [1.54, 1.807) is 0 Å². The summed E-state index contributed by atoms with van der Waals surface area (Å²) in [6.07, 6.45) is 11.4. The first-order valence-corrected chi connectivity index (χ1v) is 8.73. The van der Waals surface area contributed by atoms with Crippen molar-refractivity contribution in [3.8, 4) is 5.75 Å². The molecule has 0 heterocycles. The van der Waals surface area contributed by atoms with Gasteiger partial charge >= 0.3 is 5.97 Å². The quantitative estimate of drug-likeness (QED) is 0.472. The molecule has 1 aliphatic carbocycles. The van der Waals surface area contributed by atoms with Crippen LogP contribution in [0.15, 0.2) is 30.3 Å². The van der Waals surface area contributed by atoms with Crippen LogP contribution in [0.2, 0.25) is 0 Å². The van der Waals surface area contributed by atoms with E-state index in [2.05, 4.69) is 25.1 Å². The predicted molar refractivity (Wildman–Crippen MR) is 91.8 cm³/mol. The van der Waals surface area contributed by atoms with E-state index < -0.39 is 0 Å². The van der Waals surface area contributed by atoms with Gasteiger partial charge in [-0.1, -0.05) is 51.3 Å². The first kappa shape index (κ1) is 16.8. The molecule has 120 valence electrons. The van der Waals surface area contributed by atoms with Crippen LogP contribution in [0, 0.1) is 5.92 Å². The molecule has 2 heteroatoms. The first-order valence-electron chi connectivity index (χ1n) is 8.73. The molecule has 0 aromatic heterocycles. The maximum absolute atomic E-state index is 11.5. The lowest BCUT2D eigenvalue weighted by molar-refractivity contribution is -0.134. The normalized spacial score (nSPS) is 17.9. The first-order chi connectivity index (χ1) is 10.7. The number of hydrogen-bond donors (Lipinski definition) is 0. The summed E-state index contributed by atoms with van der Waals surface area (Å²) in [6.45, 7) is 4.24. The average Bonchev–Trinajstić information content (AvgIpc) is 2.54. The van der Waals surface area contributed by atoms with Gasteiger partial charge in [0.2, 0.25) is 0 Å². The number of ether oxygens (including phenoxy) is 1. The molecule has 1 aliphatic rings. The Morgan fingerprint density at radius 3 is 2.55 bits per heavy atom. The largest absolute Gasteiger partial charge is 0.427 e. The topological polar surface area (TPSA) is 26.3 Å². The van der Waals surface area contributed by atoms with Crippen LogP contribution in [-0.4, -0.2) is 5.97 Å². The van der Waals surface area contributed by atoms with E-state index in [0.29, 0.717) is 12.2 Å². The third-order valence-electron chi connectivity index (χ3n) is 4.40. The molecule has 0 amide bonds. The maximum Gasteiger partial charge on any atom is 0.311 e. The third kappa shape index (κ3) is 5.01. The Labute approximate surface area is 134 Å². The summed E-state index contributed by atoms with van der Waals surface area (Å²) < 4.78 is 5.30. The zero-order chi connectivity index (χ0) is 15.8. The number of benzene rings is 1. The van der Waals surface area contributed by atoms with E-state index in [1.807, 2.05) is 19.1 Å². The van der Waals surface area contributed by atoms with Gasteiger partial charge in [0, 0.05) is 6.42 Å². The summed E-state index contributed by atoms with van der Waals surface area (Å²) >= 11 is 0. The fourth-order valence-corrected chi connectivity index (χ4v) is 3.03. The van der Waals surface area contributed by atoms with Crippen LogP contribution in [0.1, 0.15) is 70.8 Å². The van der Waals surface area contributed by atoms with Gasteiger partial charge in [0.25, 0.3) is 0 Å². The second-order valence-electron chi connectivity index (χ2n) is 6.26. The zero-order valence-corrected chi connectivity index (χ0v) is 13.9. The Hall–Kier alpha value is -1.57. The second-order valence-corrected chi connectivity index (χ2v) is 6.26. The number of hydrogen-bond acceptors (Lipinski definition) is 2. The molecule has 0 spiro atoms. The molecule has 1 aromatic carbocycles. The molecule has 0 bridgehead atoms. The number of carbonyl (C=O) groups is 1. The summed E-state index contributed by atoms with van der Waals surface area (Å²) in [6, 6.07) is 7.97. The summed E-state index contributed by atoms with van der Waals surface area (Å²) in [4.78, 5) is 11.5. The zero-order valence-electron chi connectivity index (χ0n) is 13.9. The minimum Gasteiger partial charge on any atom is -0.427 e. The molecule has 1 atom stereocenters. The Morgan fingerprint density at radius 1 is 1.18 bits per heavy atom. The molecule has 1 unspecified atom stereocenters. The van der Waals surface area contributed by atoms with E-state index >= 15 is 0 Å². The number of allylic oxidation sites excluding steroid dienone is 2. The minimum absolute atomic E-state index is 0.147. The van der Waals surface area contributed by atoms with Gasteiger partial charge in [-0.05, 0) is 54.9 Å². The molecule has 0 fully saturated rings. The van der Waals surface area contributed by atoms with Crippen molar-refractivity contribution in [1.29, 1.82) is 0 Å². The fraction of sp³-hybridized carbons (Fsp3) is 0.550. The van der Waals surface area contributed by atoms with Crippen LogP contribution in [0.25, 0.3) is 5.57 Å². The van der Waals surface area contributed by atoms with Crippen LogP contribution in [0.3, 0.4) is 0 Å². The molecule has 0 N–H and O–H groups in total. The van der Waals surface area contributed by atoms with Crippen LogP contribution in [0.5, 0.6) is 5.75 Å². The Kier molecular flexibility index (Phi) is 6.70. The van der Waals surface area contributed by atoms with Crippen molar-refractivity contribution < 1.29 is 9.53 Å². The maximum atomic E-state index is 11.5. The van der Waals surface area contributed by atoms with E-state index in [1.165, 1.54) is 49.7 Å². The highest BCUT2D eigenvalue weighted by Gasteiger charge is 2.15. The molecule has 1 aromatic rings. The monoisotopic (exact) mass is 300 g/mol. The van der Waals surface area contributed by atoms with E-state index in [4.69, 9.17) is 4.74 Å². The molecule has 0 radical (unpaired) electrons. The highest BCUT2D eigenvalue weighted by Crippen LogP contribution is 2.33. The smallest absolute Gasteiger partial charge is 0.311 e. The van der Waals surface area contributed by atoms with Gasteiger partial charge in [0.1, 0.15) is 5.75 Å². The Morgan fingerprint density at radius 2 is 1.95 bits per heavy atom. The molecule has 0 saturated carbocycles.